The van der Waals surface area contributed by atoms with Crippen LogP contribution in [-0.2, 0) is 0 Å². The van der Waals surface area contributed by atoms with Crippen LogP contribution < -0.4 is 5.73 Å². The Kier molecular flexibility index (Phi) is 3.25. The van der Waals surface area contributed by atoms with Crippen molar-refractivity contribution < 1.29 is 4.79 Å². The van der Waals surface area contributed by atoms with Gasteiger partial charge in [0.15, 0.2) is 0 Å². The van der Waals surface area contributed by atoms with Crippen LogP contribution in [0.2, 0.25) is 0 Å². The average Bonchev–Trinajstić information content (AvgIpc) is 3.09. The van der Waals surface area contributed by atoms with E-state index in [0.29, 0.717) is 11.9 Å². The maximum atomic E-state index is 12.2. The van der Waals surface area contributed by atoms with Crippen molar-refractivity contribution in [3.8, 4) is 0 Å². The van der Waals surface area contributed by atoms with Crippen molar-refractivity contribution in [1.82, 2.24) is 14.7 Å². The smallest absolute Gasteiger partial charge is 0.263 e. The number of likely N-dealkylation sites (tertiary alicyclic amines) is 1. The monoisotopic (exact) mass is 276 g/mol. The second-order valence-electron chi connectivity index (χ2n) is 4.72. The topological polar surface area (TPSA) is 64.2 Å². The van der Waals surface area contributed by atoms with Crippen molar-refractivity contribution in [2.24, 2.45) is 0 Å². The quantitative estimate of drug-likeness (QED) is 0.912. The summed E-state index contributed by atoms with van der Waals surface area (Å²) in [5.74, 6) is 0.700. The molecule has 0 bridgehead atoms. The number of hydrogen-bond acceptors (Lipinski definition) is 4. The molecule has 1 amide bonds. The number of hydrogen-bond donors (Lipinski definition) is 1. The molecule has 3 heterocycles. The van der Waals surface area contributed by atoms with Crippen molar-refractivity contribution in [3.05, 3.63) is 34.7 Å². The summed E-state index contributed by atoms with van der Waals surface area (Å²) < 4.78 is 1.92. The van der Waals surface area contributed by atoms with E-state index in [9.17, 15) is 4.79 Å². The van der Waals surface area contributed by atoms with Crippen molar-refractivity contribution in [1.29, 1.82) is 0 Å². The number of nitrogens with two attached hydrogens (primary N) is 1. The Hall–Kier alpha value is -1.82. The van der Waals surface area contributed by atoms with Crippen LogP contribution in [0.1, 0.15) is 28.6 Å². The lowest BCUT2D eigenvalue weighted by molar-refractivity contribution is 0.0695. The number of carbonyl (C=O) groups is 1. The van der Waals surface area contributed by atoms with Crippen LogP contribution in [0.15, 0.2) is 29.8 Å². The summed E-state index contributed by atoms with van der Waals surface area (Å²) in [4.78, 5) is 14.9. The minimum atomic E-state index is 0.147. The summed E-state index contributed by atoms with van der Waals surface area (Å²) in [5, 5.41) is 6.18. The van der Waals surface area contributed by atoms with E-state index < -0.39 is 0 Å². The van der Waals surface area contributed by atoms with Crippen molar-refractivity contribution in [3.63, 3.8) is 0 Å². The van der Waals surface area contributed by atoms with Gasteiger partial charge in [-0.05, 0) is 30.4 Å². The third-order valence-corrected chi connectivity index (χ3v) is 4.34. The van der Waals surface area contributed by atoms with Gasteiger partial charge in [-0.1, -0.05) is 6.07 Å². The van der Waals surface area contributed by atoms with Gasteiger partial charge in [-0.25, -0.2) is 0 Å². The fourth-order valence-electron chi connectivity index (χ4n) is 2.45. The van der Waals surface area contributed by atoms with Crippen molar-refractivity contribution >= 4 is 23.1 Å². The van der Waals surface area contributed by atoms with Crippen LogP contribution >= 0.6 is 11.3 Å². The highest BCUT2D eigenvalue weighted by Crippen LogP contribution is 2.24. The van der Waals surface area contributed by atoms with E-state index in [2.05, 4.69) is 5.10 Å². The van der Waals surface area contributed by atoms with E-state index in [1.165, 1.54) is 11.3 Å². The zero-order valence-corrected chi connectivity index (χ0v) is 11.3. The van der Waals surface area contributed by atoms with Gasteiger partial charge in [0.1, 0.15) is 5.82 Å². The Labute approximate surface area is 115 Å². The Balaban J connectivity index is 1.62. The minimum absolute atomic E-state index is 0.147. The molecule has 5 nitrogen and oxygen atoms in total. The van der Waals surface area contributed by atoms with E-state index >= 15 is 0 Å². The Morgan fingerprint density at radius 1 is 1.37 bits per heavy atom. The second kappa shape index (κ2) is 5.05. The van der Waals surface area contributed by atoms with Crippen LogP contribution in [0, 0.1) is 0 Å². The fraction of sp³-hybridized carbons (Fsp3) is 0.385. The van der Waals surface area contributed by atoms with E-state index in [4.69, 9.17) is 5.73 Å². The standard InChI is InChI=1S/C13H16N4OS/c14-12-5-8-17(15-12)10-3-6-16(7-4-10)13(18)11-2-1-9-19-11/h1-2,5,8-10H,3-4,6-7H2,(H2,14,15). The maximum absolute atomic E-state index is 12.2. The minimum Gasteiger partial charge on any atom is -0.382 e. The molecule has 3 rings (SSSR count). The number of thiophene rings is 1. The van der Waals surface area contributed by atoms with Gasteiger partial charge in [0.2, 0.25) is 0 Å². The second-order valence-corrected chi connectivity index (χ2v) is 5.67. The highest BCUT2D eigenvalue weighted by atomic mass is 32.1. The van der Waals surface area contributed by atoms with Gasteiger partial charge in [-0.15, -0.1) is 11.3 Å². The molecule has 0 spiro atoms. The fourth-order valence-corrected chi connectivity index (χ4v) is 3.14. The number of piperidine rings is 1. The molecule has 100 valence electrons. The van der Waals surface area contributed by atoms with Crippen LogP contribution in [0.5, 0.6) is 0 Å². The third kappa shape index (κ3) is 2.49. The molecule has 6 heteroatoms. The first-order valence-electron chi connectivity index (χ1n) is 6.37. The Morgan fingerprint density at radius 2 is 2.16 bits per heavy atom. The van der Waals surface area contributed by atoms with Gasteiger partial charge in [-0.2, -0.15) is 5.10 Å². The molecule has 0 aliphatic carbocycles. The molecule has 0 radical (unpaired) electrons. The highest BCUT2D eigenvalue weighted by molar-refractivity contribution is 7.12. The summed E-state index contributed by atoms with van der Waals surface area (Å²) in [6.45, 7) is 1.56. The molecule has 1 aliphatic rings. The van der Waals surface area contributed by atoms with Crippen LogP contribution in [0.25, 0.3) is 0 Å². The van der Waals surface area contributed by atoms with Gasteiger partial charge in [0.25, 0.3) is 5.91 Å². The first-order valence-corrected chi connectivity index (χ1v) is 7.25. The van der Waals surface area contributed by atoms with Gasteiger partial charge >= 0.3 is 0 Å². The molecule has 1 fully saturated rings. The largest absolute Gasteiger partial charge is 0.382 e. The molecule has 19 heavy (non-hydrogen) atoms. The molecule has 2 aromatic heterocycles. The number of amides is 1. The molecule has 2 N–H and O–H groups in total. The van der Waals surface area contributed by atoms with Gasteiger partial charge in [-0.3, -0.25) is 9.48 Å². The lowest BCUT2D eigenvalue weighted by Crippen LogP contribution is -2.38. The molecular weight excluding hydrogens is 260 g/mol. The van der Waals surface area contributed by atoms with Crippen LogP contribution in [0.3, 0.4) is 0 Å². The summed E-state index contributed by atoms with van der Waals surface area (Å²) in [6.07, 6.45) is 3.77. The predicted octanol–water partition coefficient (Wildman–Crippen LogP) is 2.00. The van der Waals surface area contributed by atoms with E-state index in [0.717, 1.165) is 30.8 Å². The highest BCUT2D eigenvalue weighted by Gasteiger charge is 2.25. The normalized spacial score (nSPS) is 16.7. The lowest BCUT2D eigenvalue weighted by atomic mass is 10.1. The van der Waals surface area contributed by atoms with E-state index in [1.807, 2.05) is 39.4 Å². The van der Waals surface area contributed by atoms with Crippen molar-refractivity contribution in [2.45, 2.75) is 18.9 Å². The molecular formula is C13H16N4OS. The summed E-state index contributed by atoms with van der Waals surface area (Å²) in [7, 11) is 0. The number of rotatable bonds is 2. The summed E-state index contributed by atoms with van der Waals surface area (Å²) >= 11 is 1.50. The van der Waals surface area contributed by atoms with Gasteiger partial charge in [0.05, 0.1) is 10.9 Å². The molecule has 0 unspecified atom stereocenters. The van der Waals surface area contributed by atoms with E-state index in [-0.39, 0.29) is 5.91 Å². The summed E-state index contributed by atoms with van der Waals surface area (Å²) in [6, 6.07) is 5.96. The third-order valence-electron chi connectivity index (χ3n) is 3.49. The molecule has 1 saturated heterocycles. The maximum Gasteiger partial charge on any atom is 0.263 e. The summed E-state index contributed by atoms with van der Waals surface area (Å²) in [5.41, 5.74) is 5.63. The number of nitrogens with zero attached hydrogens (tertiary/aromatic N) is 3. The Bertz CT molecular complexity index is 555. The first kappa shape index (κ1) is 12.2. The number of nitrogen functional groups attached to an aromatic ring is 1. The first-order chi connectivity index (χ1) is 9.24. The van der Waals surface area contributed by atoms with Crippen LogP contribution in [0.4, 0.5) is 5.82 Å². The van der Waals surface area contributed by atoms with E-state index in [1.54, 1.807) is 0 Å². The molecule has 2 aromatic rings. The zero-order valence-electron chi connectivity index (χ0n) is 10.5. The van der Waals surface area contributed by atoms with Crippen molar-refractivity contribution in [2.75, 3.05) is 18.8 Å². The number of aromatic nitrogens is 2. The molecule has 0 saturated carbocycles. The zero-order chi connectivity index (χ0) is 13.2. The van der Waals surface area contributed by atoms with Gasteiger partial charge < -0.3 is 10.6 Å². The number of carbonyl (C=O) groups excluding carboxylic acids is 1. The Morgan fingerprint density at radius 3 is 2.74 bits per heavy atom. The average molecular weight is 276 g/mol. The predicted molar refractivity (Wildman–Crippen MR) is 75.1 cm³/mol. The molecule has 0 aromatic carbocycles. The SMILES string of the molecule is Nc1ccn(C2CCN(C(=O)c3cccs3)CC2)n1. The lowest BCUT2D eigenvalue weighted by Gasteiger charge is -2.31. The number of anilines is 1. The molecule has 0 atom stereocenters. The van der Waals surface area contributed by atoms with Gasteiger partial charge in [0, 0.05) is 19.3 Å². The molecule has 1 aliphatic heterocycles. The van der Waals surface area contributed by atoms with Crippen LogP contribution in [-0.4, -0.2) is 33.7 Å².